The second kappa shape index (κ2) is 1.92. The third-order valence-electron chi connectivity index (χ3n) is 2.44. The molecule has 2 aliphatic rings. The van der Waals surface area contributed by atoms with Crippen molar-refractivity contribution in [2.45, 2.75) is 43.5 Å². The van der Waals surface area contributed by atoms with E-state index in [1.54, 1.807) is 0 Å². The third-order valence-corrected chi connectivity index (χ3v) is 4.37. The van der Waals surface area contributed by atoms with Crippen LogP contribution in [0.3, 0.4) is 0 Å². The average Bonchev–Trinajstić information content (AvgIpc) is 2.04. The lowest BCUT2D eigenvalue weighted by Crippen LogP contribution is -2.51. The molecule has 0 amide bonds. The molecule has 2 fully saturated rings. The van der Waals surface area contributed by atoms with E-state index in [4.69, 9.17) is 0 Å². The Balaban J connectivity index is 2.05. The maximum absolute atomic E-state index is 3.71. The summed E-state index contributed by atoms with van der Waals surface area (Å²) in [5.41, 5.74) is 0.394. The minimum Gasteiger partial charge on any atom is -0.297 e. The summed E-state index contributed by atoms with van der Waals surface area (Å²) in [5, 5.41) is 3.71. The first-order valence-electron chi connectivity index (χ1n) is 4.05. The summed E-state index contributed by atoms with van der Waals surface area (Å²) in [5.74, 6) is 1.28. The molecular formula is C8H15NS. The molecule has 0 aromatic rings. The zero-order chi connectivity index (χ0) is 7.24. The van der Waals surface area contributed by atoms with Gasteiger partial charge in [-0.3, -0.25) is 5.32 Å². The van der Waals surface area contributed by atoms with E-state index in [0.29, 0.717) is 10.4 Å². The van der Waals surface area contributed by atoms with Crippen molar-refractivity contribution >= 4 is 11.8 Å². The highest BCUT2D eigenvalue weighted by Gasteiger charge is 2.46. The molecule has 1 aliphatic carbocycles. The lowest BCUT2D eigenvalue weighted by Gasteiger charge is -2.39. The lowest BCUT2D eigenvalue weighted by atomic mass is 9.90. The van der Waals surface area contributed by atoms with Crippen LogP contribution in [0.1, 0.15) is 33.1 Å². The van der Waals surface area contributed by atoms with Gasteiger partial charge in [0.05, 0.1) is 4.87 Å². The van der Waals surface area contributed by atoms with E-state index in [1.165, 1.54) is 25.0 Å². The molecule has 1 aliphatic heterocycles. The molecule has 1 saturated heterocycles. The third kappa shape index (κ3) is 0.978. The molecule has 2 rings (SSSR count). The van der Waals surface area contributed by atoms with Crippen molar-refractivity contribution < 1.29 is 0 Å². The second-order valence-electron chi connectivity index (χ2n) is 4.15. The van der Waals surface area contributed by atoms with Gasteiger partial charge in [-0.1, -0.05) is 0 Å². The Morgan fingerprint density at radius 2 is 2.00 bits per heavy atom. The minimum absolute atomic E-state index is 0.394. The van der Waals surface area contributed by atoms with Crippen LogP contribution in [-0.4, -0.2) is 16.2 Å². The molecule has 1 saturated carbocycles. The Bertz CT molecular complexity index is 149. The maximum atomic E-state index is 3.71. The van der Waals surface area contributed by atoms with Crippen molar-refractivity contribution in [3.8, 4) is 0 Å². The topological polar surface area (TPSA) is 12.0 Å². The predicted molar refractivity (Wildman–Crippen MR) is 46.3 cm³/mol. The Hall–Kier alpha value is 0.310. The molecule has 0 radical (unpaired) electrons. The van der Waals surface area contributed by atoms with Gasteiger partial charge < -0.3 is 0 Å². The molecule has 1 spiro atoms. The zero-order valence-corrected chi connectivity index (χ0v) is 7.55. The van der Waals surface area contributed by atoms with E-state index in [9.17, 15) is 0 Å². The standard InChI is InChI=1S/C8H15NS/c1-7(2)6-10-8(9-7)4-3-5-8/h9H,3-6H2,1-2H3. The highest BCUT2D eigenvalue weighted by atomic mass is 32.2. The van der Waals surface area contributed by atoms with Crippen LogP contribution < -0.4 is 5.32 Å². The minimum atomic E-state index is 0.394. The molecule has 10 heavy (non-hydrogen) atoms. The van der Waals surface area contributed by atoms with Crippen molar-refractivity contribution in [3.05, 3.63) is 0 Å². The quantitative estimate of drug-likeness (QED) is 0.577. The fourth-order valence-corrected chi connectivity index (χ4v) is 3.41. The summed E-state index contributed by atoms with van der Waals surface area (Å²) >= 11 is 2.13. The van der Waals surface area contributed by atoms with E-state index in [1.807, 2.05) is 0 Å². The first-order chi connectivity index (χ1) is 4.62. The van der Waals surface area contributed by atoms with E-state index in [2.05, 4.69) is 30.9 Å². The van der Waals surface area contributed by atoms with Gasteiger partial charge in [0.25, 0.3) is 0 Å². The maximum Gasteiger partial charge on any atom is 0.0650 e. The van der Waals surface area contributed by atoms with E-state index in [0.717, 1.165) is 0 Å². The van der Waals surface area contributed by atoms with Crippen LogP contribution in [-0.2, 0) is 0 Å². The number of rotatable bonds is 0. The first kappa shape index (κ1) is 6.99. The smallest absolute Gasteiger partial charge is 0.0650 e. The van der Waals surface area contributed by atoms with Gasteiger partial charge in [0.2, 0.25) is 0 Å². The van der Waals surface area contributed by atoms with Crippen molar-refractivity contribution in [3.63, 3.8) is 0 Å². The van der Waals surface area contributed by atoms with Gasteiger partial charge in [-0.25, -0.2) is 0 Å². The Labute approximate surface area is 67.0 Å². The van der Waals surface area contributed by atoms with Crippen molar-refractivity contribution in [2.75, 3.05) is 5.75 Å². The molecule has 1 nitrogen and oxygen atoms in total. The fraction of sp³-hybridized carbons (Fsp3) is 1.00. The fourth-order valence-electron chi connectivity index (χ4n) is 1.77. The van der Waals surface area contributed by atoms with Crippen LogP contribution in [0.2, 0.25) is 0 Å². The second-order valence-corrected chi connectivity index (χ2v) is 5.50. The van der Waals surface area contributed by atoms with Crippen molar-refractivity contribution in [2.24, 2.45) is 0 Å². The predicted octanol–water partition coefficient (Wildman–Crippen LogP) is 1.98. The van der Waals surface area contributed by atoms with Crippen LogP contribution in [0.5, 0.6) is 0 Å². The molecular weight excluding hydrogens is 142 g/mol. The van der Waals surface area contributed by atoms with Crippen LogP contribution in [0.15, 0.2) is 0 Å². The SMILES string of the molecule is CC1(C)CSC2(CCC2)N1. The van der Waals surface area contributed by atoms with Gasteiger partial charge >= 0.3 is 0 Å². The number of nitrogens with one attached hydrogen (secondary N) is 1. The van der Waals surface area contributed by atoms with E-state index >= 15 is 0 Å². The summed E-state index contributed by atoms with van der Waals surface area (Å²) in [6, 6.07) is 0. The van der Waals surface area contributed by atoms with Gasteiger partial charge in [0, 0.05) is 11.3 Å². The van der Waals surface area contributed by atoms with Crippen LogP contribution in [0.25, 0.3) is 0 Å². The van der Waals surface area contributed by atoms with Crippen molar-refractivity contribution in [1.82, 2.24) is 5.32 Å². The lowest BCUT2D eigenvalue weighted by molar-refractivity contribution is 0.257. The van der Waals surface area contributed by atoms with Gasteiger partial charge in [-0.15, -0.1) is 11.8 Å². The number of thioether (sulfide) groups is 1. The molecule has 0 unspecified atom stereocenters. The molecule has 2 heteroatoms. The molecule has 0 atom stereocenters. The van der Waals surface area contributed by atoms with E-state index in [-0.39, 0.29) is 0 Å². The molecule has 0 bridgehead atoms. The Kier molecular flexibility index (Phi) is 1.34. The number of hydrogen-bond acceptors (Lipinski definition) is 2. The molecule has 0 aromatic carbocycles. The average molecular weight is 157 g/mol. The Morgan fingerprint density at radius 1 is 1.30 bits per heavy atom. The largest absolute Gasteiger partial charge is 0.297 e. The summed E-state index contributed by atoms with van der Waals surface area (Å²) in [6.45, 7) is 4.60. The molecule has 1 heterocycles. The Morgan fingerprint density at radius 3 is 2.20 bits per heavy atom. The first-order valence-corrected chi connectivity index (χ1v) is 5.04. The summed E-state index contributed by atoms with van der Waals surface area (Å²) in [7, 11) is 0. The number of hydrogen-bond donors (Lipinski definition) is 1. The summed E-state index contributed by atoms with van der Waals surface area (Å²) < 4.78 is 0. The highest BCUT2D eigenvalue weighted by Crippen LogP contribution is 2.48. The van der Waals surface area contributed by atoms with Gasteiger partial charge in [-0.05, 0) is 33.1 Å². The van der Waals surface area contributed by atoms with Gasteiger partial charge in [0.1, 0.15) is 0 Å². The van der Waals surface area contributed by atoms with Crippen LogP contribution in [0.4, 0.5) is 0 Å². The van der Waals surface area contributed by atoms with Crippen LogP contribution >= 0.6 is 11.8 Å². The van der Waals surface area contributed by atoms with Crippen molar-refractivity contribution in [1.29, 1.82) is 0 Å². The zero-order valence-electron chi connectivity index (χ0n) is 6.74. The highest BCUT2D eigenvalue weighted by molar-refractivity contribution is 8.01. The normalized spacial score (nSPS) is 34.2. The molecule has 0 aromatic heterocycles. The summed E-state index contributed by atoms with van der Waals surface area (Å²) in [6.07, 6.45) is 4.21. The van der Waals surface area contributed by atoms with E-state index < -0.39 is 0 Å². The molecule has 1 N–H and O–H groups in total. The van der Waals surface area contributed by atoms with Gasteiger partial charge in [-0.2, -0.15) is 0 Å². The molecule has 58 valence electrons. The monoisotopic (exact) mass is 157 g/mol. The van der Waals surface area contributed by atoms with Crippen LogP contribution in [0, 0.1) is 0 Å². The summed E-state index contributed by atoms with van der Waals surface area (Å²) in [4.78, 5) is 0.517. The van der Waals surface area contributed by atoms with Gasteiger partial charge in [0.15, 0.2) is 0 Å².